The predicted octanol–water partition coefficient (Wildman–Crippen LogP) is 1.01. The maximum Gasteiger partial charge on any atom is 0.189 e. The van der Waals surface area contributed by atoms with Gasteiger partial charge in [0.15, 0.2) is 11.0 Å². The third-order valence-electron chi connectivity index (χ3n) is 2.64. The number of aromatic nitrogens is 2. The SMILES string of the molecule is CSc1ncc(N2CCOC[C@H]2C)c(N)n1. The van der Waals surface area contributed by atoms with Crippen LogP contribution in [0.4, 0.5) is 11.5 Å². The van der Waals surface area contributed by atoms with Crippen LogP contribution in [-0.4, -0.2) is 42.0 Å². The van der Waals surface area contributed by atoms with Crippen molar-refractivity contribution < 1.29 is 4.74 Å². The molecule has 0 aliphatic carbocycles. The molecule has 1 aromatic heterocycles. The van der Waals surface area contributed by atoms with Crippen molar-refractivity contribution in [3.63, 3.8) is 0 Å². The first-order valence-electron chi connectivity index (χ1n) is 5.23. The Morgan fingerprint density at radius 1 is 1.62 bits per heavy atom. The summed E-state index contributed by atoms with van der Waals surface area (Å²) >= 11 is 1.49. The van der Waals surface area contributed by atoms with Crippen LogP contribution in [0.3, 0.4) is 0 Å². The number of rotatable bonds is 2. The lowest BCUT2D eigenvalue weighted by Gasteiger charge is -2.35. The van der Waals surface area contributed by atoms with E-state index >= 15 is 0 Å². The summed E-state index contributed by atoms with van der Waals surface area (Å²) in [6, 6.07) is 0.319. The summed E-state index contributed by atoms with van der Waals surface area (Å²) < 4.78 is 5.39. The molecular formula is C10H16N4OS. The summed E-state index contributed by atoms with van der Waals surface area (Å²) in [5.41, 5.74) is 6.85. The van der Waals surface area contributed by atoms with E-state index in [2.05, 4.69) is 21.8 Å². The van der Waals surface area contributed by atoms with Gasteiger partial charge >= 0.3 is 0 Å². The number of nitrogen functional groups attached to an aromatic ring is 1. The fourth-order valence-electron chi connectivity index (χ4n) is 1.78. The normalized spacial score (nSPS) is 21.1. The van der Waals surface area contributed by atoms with E-state index in [1.165, 1.54) is 11.8 Å². The van der Waals surface area contributed by atoms with Gasteiger partial charge in [-0.15, -0.1) is 0 Å². The number of nitrogens with two attached hydrogens (primary N) is 1. The molecule has 1 atom stereocenters. The van der Waals surface area contributed by atoms with Crippen molar-refractivity contribution in [3.05, 3.63) is 6.20 Å². The van der Waals surface area contributed by atoms with Gasteiger partial charge in [-0.3, -0.25) is 0 Å². The highest BCUT2D eigenvalue weighted by molar-refractivity contribution is 7.98. The molecule has 0 saturated carbocycles. The van der Waals surface area contributed by atoms with E-state index in [1.807, 2.05) is 6.26 Å². The van der Waals surface area contributed by atoms with Crippen molar-refractivity contribution >= 4 is 23.3 Å². The van der Waals surface area contributed by atoms with Gasteiger partial charge in [-0.2, -0.15) is 0 Å². The number of ether oxygens (including phenoxy) is 1. The maximum atomic E-state index is 5.94. The Balaban J connectivity index is 2.25. The Kier molecular flexibility index (Phi) is 3.50. The van der Waals surface area contributed by atoms with Gasteiger partial charge in [0.1, 0.15) is 0 Å². The van der Waals surface area contributed by atoms with Crippen molar-refractivity contribution in [1.29, 1.82) is 0 Å². The van der Waals surface area contributed by atoms with Crippen LogP contribution in [-0.2, 0) is 4.74 Å². The molecule has 0 radical (unpaired) electrons. The Labute approximate surface area is 99.4 Å². The quantitative estimate of drug-likeness (QED) is 0.615. The molecule has 1 aromatic rings. The zero-order valence-corrected chi connectivity index (χ0v) is 10.3. The predicted molar refractivity (Wildman–Crippen MR) is 65.9 cm³/mol. The van der Waals surface area contributed by atoms with Gasteiger partial charge in [-0.1, -0.05) is 11.8 Å². The van der Waals surface area contributed by atoms with Crippen LogP contribution < -0.4 is 10.6 Å². The lowest BCUT2D eigenvalue weighted by molar-refractivity contribution is 0.0989. The van der Waals surface area contributed by atoms with Crippen molar-refractivity contribution in [2.75, 3.05) is 36.6 Å². The first-order valence-corrected chi connectivity index (χ1v) is 6.45. The minimum absolute atomic E-state index is 0.319. The molecule has 1 aliphatic rings. The van der Waals surface area contributed by atoms with E-state index in [9.17, 15) is 0 Å². The van der Waals surface area contributed by atoms with Crippen LogP contribution in [0.1, 0.15) is 6.92 Å². The molecule has 16 heavy (non-hydrogen) atoms. The molecule has 1 aliphatic heterocycles. The molecular weight excluding hydrogens is 224 g/mol. The van der Waals surface area contributed by atoms with E-state index in [1.54, 1.807) is 6.20 Å². The summed E-state index contributed by atoms with van der Waals surface area (Å²) in [5, 5.41) is 0.710. The highest BCUT2D eigenvalue weighted by atomic mass is 32.2. The Morgan fingerprint density at radius 2 is 2.44 bits per heavy atom. The Bertz CT molecular complexity index is 374. The van der Waals surface area contributed by atoms with Crippen LogP contribution in [0.25, 0.3) is 0 Å². The maximum absolute atomic E-state index is 5.94. The minimum atomic E-state index is 0.319. The summed E-state index contributed by atoms with van der Waals surface area (Å²) in [6.07, 6.45) is 3.74. The molecule has 0 bridgehead atoms. The van der Waals surface area contributed by atoms with Gasteiger partial charge in [0.25, 0.3) is 0 Å². The monoisotopic (exact) mass is 240 g/mol. The van der Waals surface area contributed by atoms with Gasteiger partial charge in [0, 0.05) is 12.6 Å². The zero-order valence-electron chi connectivity index (χ0n) is 9.51. The van der Waals surface area contributed by atoms with E-state index in [4.69, 9.17) is 10.5 Å². The number of thioether (sulfide) groups is 1. The molecule has 88 valence electrons. The zero-order chi connectivity index (χ0) is 11.5. The molecule has 5 nitrogen and oxygen atoms in total. The fourth-order valence-corrected chi connectivity index (χ4v) is 2.12. The number of hydrogen-bond acceptors (Lipinski definition) is 6. The van der Waals surface area contributed by atoms with Crippen molar-refractivity contribution in [2.45, 2.75) is 18.1 Å². The second kappa shape index (κ2) is 4.88. The molecule has 0 aromatic carbocycles. The van der Waals surface area contributed by atoms with Gasteiger partial charge in [-0.05, 0) is 13.2 Å². The van der Waals surface area contributed by atoms with E-state index in [0.717, 1.165) is 25.4 Å². The van der Waals surface area contributed by atoms with Crippen LogP contribution >= 0.6 is 11.8 Å². The Hall–Kier alpha value is -1.01. The molecule has 0 spiro atoms. The number of anilines is 2. The minimum Gasteiger partial charge on any atom is -0.382 e. The van der Waals surface area contributed by atoms with Gasteiger partial charge in [0.05, 0.1) is 25.1 Å². The van der Waals surface area contributed by atoms with Gasteiger partial charge in [-0.25, -0.2) is 9.97 Å². The summed E-state index contributed by atoms with van der Waals surface area (Å²) in [6.45, 7) is 4.41. The molecule has 6 heteroatoms. The molecule has 2 N–H and O–H groups in total. The smallest absolute Gasteiger partial charge is 0.189 e. The number of morpholine rings is 1. The highest BCUT2D eigenvalue weighted by Crippen LogP contribution is 2.25. The molecule has 1 fully saturated rings. The van der Waals surface area contributed by atoms with Crippen LogP contribution in [0, 0.1) is 0 Å². The standard InChI is InChI=1S/C10H16N4OS/c1-7-6-15-4-3-14(7)8-5-12-10(16-2)13-9(8)11/h5,7H,3-4,6H2,1-2H3,(H2,11,12,13)/t7-/m1/s1. The van der Waals surface area contributed by atoms with E-state index < -0.39 is 0 Å². The fraction of sp³-hybridized carbons (Fsp3) is 0.600. The largest absolute Gasteiger partial charge is 0.382 e. The molecule has 1 saturated heterocycles. The average Bonchev–Trinajstić information content (AvgIpc) is 2.30. The third kappa shape index (κ3) is 2.22. The van der Waals surface area contributed by atoms with Crippen molar-refractivity contribution in [2.24, 2.45) is 0 Å². The summed E-state index contributed by atoms with van der Waals surface area (Å²) in [4.78, 5) is 10.7. The van der Waals surface area contributed by atoms with E-state index in [-0.39, 0.29) is 0 Å². The molecule has 0 unspecified atom stereocenters. The number of hydrogen-bond donors (Lipinski definition) is 1. The van der Waals surface area contributed by atoms with E-state index in [0.29, 0.717) is 17.0 Å². The van der Waals surface area contributed by atoms with Gasteiger partial charge in [0.2, 0.25) is 0 Å². The summed E-state index contributed by atoms with van der Waals surface area (Å²) in [7, 11) is 0. The molecule has 0 amide bonds. The van der Waals surface area contributed by atoms with Gasteiger partial charge < -0.3 is 15.4 Å². The van der Waals surface area contributed by atoms with Crippen molar-refractivity contribution in [1.82, 2.24) is 9.97 Å². The average molecular weight is 240 g/mol. The van der Waals surface area contributed by atoms with Crippen LogP contribution in [0.5, 0.6) is 0 Å². The first kappa shape index (κ1) is 11.5. The molecule has 2 heterocycles. The van der Waals surface area contributed by atoms with Crippen LogP contribution in [0.15, 0.2) is 11.4 Å². The number of nitrogens with zero attached hydrogens (tertiary/aromatic N) is 3. The second-order valence-electron chi connectivity index (χ2n) is 3.74. The van der Waals surface area contributed by atoms with Crippen LogP contribution in [0.2, 0.25) is 0 Å². The lowest BCUT2D eigenvalue weighted by atomic mass is 10.2. The topological polar surface area (TPSA) is 64.3 Å². The highest BCUT2D eigenvalue weighted by Gasteiger charge is 2.21. The first-order chi connectivity index (χ1) is 7.72. The second-order valence-corrected chi connectivity index (χ2v) is 4.52. The lowest BCUT2D eigenvalue weighted by Crippen LogP contribution is -2.44. The van der Waals surface area contributed by atoms with Crippen molar-refractivity contribution in [3.8, 4) is 0 Å². The Morgan fingerprint density at radius 3 is 3.06 bits per heavy atom. The third-order valence-corrected chi connectivity index (χ3v) is 3.20. The summed E-state index contributed by atoms with van der Waals surface area (Å²) in [5.74, 6) is 0.549. The molecule has 2 rings (SSSR count).